The lowest BCUT2D eigenvalue weighted by Gasteiger charge is -2.28. The van der Waals surface area contributed by atoms with Gasteiger partial charge in [-0.15, -0.1) is 0 Å². The van der Waals surface area contributed by atoms with Gasteiger partial charge in [-0.2, -0.15) is 0 Å². The van der Waals surface area contributed by atoms with E-state index in [0.717, 1.165) is 25.7 Å². The van der Waals surface area contributed by atoms with E-state index in [1.54, 1.807) is 12.1 Å². The summed E-state index contributed by atoms with van der Waals surface area (Å²) in [4.78, 5) is 12.4. The van der Waals surface area contributed by atoms with Gasteiger partial charge in [0.05, 0.1) is 10.6 Å². The minimum atomic E-state index is -0.278. The van der Waals surface area contributed by atoms with E-state index in [-0.39, 0.29) is 18.2 Å². The molecule has 0 atom stereocenters. The molecule has 20 heavy (non-hydrogen) atoms. The summed E-state index contributed by atoms with van der Waals surface area (Å²) in [6.45, 7) is 0.587. The predicted octanol–water partition coefficient (Wildman–Crippen LogP) is 2.07. The van der Waals surface area contributed by atoms with Crippen LogP contribution < -0.4 is 20.5 Å². The van der Waals surface area contributed by atoms with Gasteiger partial charge in [-0.05, 0) is 25.0 Å². The number of benzene rings is 1. The molecule has 1 aliphatic carbocycles. The maximum Gasteiger partial charge on any atom is 0.251 e. The molecular formula is C14H17ClN2O3. The SMILES string of the molecule is NCC1(NC(=O)c2cc(Cl)c3c(c2)OCO3)CCCC1. The molecule has 6 heteroatoms. The molecule has 1 aliphatic heterocycles. The second kappa shape index (κ2) is 5.14. The molecule has 1 fully saturated rings. The molecule has 0 radical (unpaired) electrons. The van der Waals surface area contributed by atoms with Crippen LogP contribution in [0.2, 0.25) is 5.02 Å². The third-order valence-corrected chi connectivity index (χ3v) is 4.30. The molecular weight excluding hydrogens is 280 g/mol. The Morgan fingerprint density at radius 2 is 2.10 bits per heavy atom. The summed E-state index contributed by atoms with van der Waals surface area (Å²) in [5, 5.41) is 3.45. The number of halogens is 1. The first-order valence-corrected chi connectivity index (χ1v) is 7.13. The summed E-state index contributed by atoms with van der Waals surface area (Å²) in [6.07, 6.45) is 4.04. The third kappa shape index (κ3) is 2.31. The van der Waals surface area contributed by atoms with Crippen molar-refractivity contribution in [2.24, 2.45) is 5.73 Å². The molecule has 5 nitrogen and oxygen atoms in total. The molecule has 3 rings (SSSR count). The Labute approximate surface area is 122 Å². The van der Waals surface area contributed by atoms with Crippen molar-refractivity contribution in [3.8, 4) is 11.5 Å². The maximum absolute atomic E-state index is 12.4. The molecule has 1 aromatic rings. The van der Waals surface area contributed by atoms with Gasteiger partial charge in [0.25, 0.3) is 5.91 Å². The van der Waals surface area contributed by atoms with E-state index in [9.17, 15) is 4.79 Å². The number of carbonyl (C=O) groups is 1. The number of fused-ring (bicyclic) bond motifs is 1. The molecule has 2 aliphatic rings. The average molecular weight is 297 g/mol. The first kappa shape index (κ1) is 13.5. The number of rotatable bonds is 3. The van der Waals surface area contributed by atoms with Gasteiger partial charge >= 0.3 is 0 Å². The summed E-state index contributed by atoms with van der Waals surface area (Å²) in [5.74, 6) is 0.839. The van der Waals surface area contributed by atoms with Crippen molar-refractivity contribution in [2.75, 3.05) is 13.3 Å². The minimum absolute atomic E-state index is 0.132. The topological polar surface area (TPSA) is 73.6 Å². The maximum atomic E-state index is 12.4. The first-order chi connectivity index (χ1) is 9.63. The Morgan fingerprint density at radius 3 is 2.80 bits per heavy atom. The number of carbonyl (C=O) groups excluding carboxylic acids is 1. The van der Waals surface area contributed by atoms with Gasteiger partial charge in [0, 0.05) is 12.1 Å². The van der Waals surface area contributed by atoms with Gasteiger partial charge in [-0.25, -0.2) is 0 Å². The van der Waals surface area contributed by atoms with Crippen molar-refractivity contribution in [3.63, 3.8) is 0 Å². The minimum Gasteiger partial charge on any atom is -0.454 e. The highest BCUT2D eigenvalue weighted by atomic mass is 35.5. The Hall–Kier alpha value is -1.46. The lowest BCUT2D eigenvalue weighted by molar-refractivity contribution is 0.0902. The van der Waals surface area contributed by atoms with Gasteiger partial charge in [-0.1, -0.05) is 24.4 Å². The molecule has 0 saturated heterocycles. The van der Waals surface area contributed by atoms with E-state index in [1.165, 1.54) is 0 Å². The molecule has 3 N–H and O–H groups in total. The van der Waals surface area contributed by atoms with Crippen molar-refractivity contribution in [1.82, 2.24) is 5.32 Å². The second-order valence-electron chi connectivity index (χ2n) is 5.34. The zero-order chi connectivity index (χ0) is 14.2. The van der Waals surface area contributed by atoms with Crippen LogP contribution in [0.3, 0.4) is 0 Å². The largest absolute Gasteiger partial charge is 0.454 e. The molecule has 108 valence electrons. The molecule has 0 aromatic heterocycles. The van der Waals surface area contributed by atoms with Crippen LogP contribution in [0, 0.1) is 0 Å². The molecule has 0 bridgehead atoms. The monoisotopic (exact) mass is 296 g/mol. The highest BCUT2D eigenvalue weighted by Gasteiger charge is 2.34. The second-order valence-corrected chi connectivity index (χ2v) is 5.74. The van der Waals surface area contributed by atoms with Crippen molar-refractivity contribution in [1.29, 1.82) is 0 Å². The Bertz CT molecular complexity index is 541. The summed E-state index contributed by atoms with van der Waals surface area (Å²) >= 11 is 6.09. The Balaban J connectivity index is 1.82. The normalized spacial score (nSPS) is 19.1. The van der Waals surface area contributed by atoms with Crippen LogP contribution in [0.5, 0.6) is 11.5 Å². The van der Waals surface area contributed by atoms with E-state index in [1.807, 2.05) is 0 Å². The predicted molar refractivity (Wildman–Crippen MR) is 75.3 cm³/mol. The van der Waals surface area contributed by atoms with E-state index in [4.69, 9.17) is 26.8 Å². The van der Waals surface area contributed by atoms with Crippen LogP contribution in [0.1, 0.15) is 36.0 Å². The number of hydrogen-bond acceptors (Lipinski definition) is 4. The quantitative estimate of drug-likeness (QED) is 0.895. The van der Waals surface area contributed by atoms with Gasteiger partial charge < -0.3 is 20.5 Å². The molecule has 1 amide bonds. The van der Waals surface area contributed by atoms with Crippen LogP contribution in [0.25, 0.3) is 0 Å². The van der Waals surface area contributed by atoms with Crippen LogP contribution in [-0.4, -0.2) is 24.8 Å². The number of amides is 1. The lowest BCUT2D eigenvalue weighted by atomic mass is 9.97. The van der Waals surface area contributed by atoms with Gasteiger partial charge in [0.2, 0.25) is 6.79 Å². The van der Waals surface area contributed by atoms with Crippen LogP contribution in [-0.2, 0) is 0 Å². The fourth-order valence-electron chi connectivity index (χ4n) is 2.84. The summed E-state index contributed by atoms with van der Waals surface area (Å²) < 4.78 is 10.5. The fraction of sp³-hybridized carbons (Fsp3) is 0.500. The highest BCUT2D eigenvalue weighted by molar-refractivity contribution is 6.32. The Morgan fingerprint density at radius 1 is 1.35 bits per heavy atom. The molecule has 1 saturated carbocycles. The van der Waals surface area contributed by atoms with E-state index < -0.39 is 0 Å². The molecule has 0 spiro atoms. The van der Waals surface area contributed by atoms with Gasteiger partial charge in [0.1, 0.15) is 0 Å². The number of hydrogen-bond donors (Lipinski definition) is 2. The molecule has 1 aromatic carbocycles. The van der Waals surface area contributed by atoms with Crippen LogP contribution in [0.4, 0.5) is 0 Å². The smallest absolute Gasteiger partial charge is 0.251 e. The summed E-state index contributed by atoms with van der Waals surface area (Å²) in [7, 11) is 0. The van der Waals surface area contributed by atoms with Crippen LogP contribution >= 0.6 is 11.6 Å². The number of ether oxygens (including phenoxy) is 2. The highest BCUT2D eigenvalue weighted by Crippen LogP contribution is 2.40. The summed E-state index contributed by atoms with van der Waals surface area (Å²) in [6, 6.07) is 3.26. The van der Waals surface area contributed by atoms with Crippen molar-refractivity contribution in [2.45, 2.75) is 31.2 Å². The Kier molecular flexibility index (Phi) is 3.48. The van der Waals surface area contributed by atoms with Crippen molar-refractivity contribution in [3.05, 3.63) is 22.7 Å². The first-order valence-electron chi connectivity index (χ1n) is 6.75. The van der Waals surface area contributed by atoms with E-state index >= 15 is 0 Å². The average Bonchev–Trinajstić information content (AvgIpc) is 3.08. The van der Waals surface area contributed by atoms with Crippen LogP contribution in [0.15, 0.2) is 12.1 Å². The van der Waals surface area contributed by atoms with Crippen molar-refractivity contribution < 1.29 is 14.3 Å². The zero-order valence-corrected chi connectivity index (χ0v) is 11.8. The van der Waals surface area contributed by atoms with E-state index in [2.05, 4.69) is 5.32 Å². The summed E-state index contributed by atoms with van der Waals surface area (Å²) in [5.41, 5.74) is 6.02. The van der Waals surface area contributed by atoms with Crippen molar-refractivity contribution >= 4 is 17.5 Å². The van der Waals surface area contributed by atoms with Gasteiger partial charge in [-0.3, -0.25) is 4.79 Å². The molecule has 1 heterocycles. The number of nitrogens with two attached hydrogens (primary N) is 1. The number of nitrogens with one attached hydrogen (secondary N) is 1. The fourth-order valence-corrected chi connectivity index (χ4v) is 3.11. The molecule has 0 unspecified atom stereocenters. The zero-order valence-electron chi connectivity index (χ0n) is 11.1. The lowest BCUT2D eigenvalue weighted by Crippen LogP contribution is -2.51. The standard InChI is InChI=1S/C14H17ClN2O3/c15-10-5-9(6-11-12(10)20-8-19-11)13(18)17-14(7-16)3-1-2-4-14/h5-6H,1-4,7-8,16H2,(H,17,18). The van der Waals surface area contributed by atoms with Gasteiger partial charge in [0.15, 0.2) is 11.5 Å². The van der Waals surface area contributed by atoms with E-state index in [0.29, 0.717) is 28.6 Å². The third-order valence-electron chi connectivity index (χ3n) is 4.02.